The molecule has 0 spiro atoms. The Morgan fingerprint density at radius 1 is 1.31 bits per heavy atom. The maximum atomic E-state index is 12.9. The molecule has 0 aliphatic carbocycles. The molecule has 16 heavy (non-hydrogen) atoms. The molecule has 1 aromatic rings. The van der Waals surface area contributed by atoms with Gasteiger partial charge < -0.3 is 10.6 Å². The van der Waals surface area contributed by atoms with Gasteiger partial charge in [-0.1, -0.05) is 0 Å². The molecular weight excluding hydrogens is 210 g/mol. The van der Waals surface area contributed by atoms with Crippen molar-refractivity contribution >= 4 is 0 Å². The average molecular weight is 226 g/mol. The minimum Gasteiger partial charge on any atom is -0.315 e. The Bertz CT molecular complexity index is 353. The van der Waals surface area contributed by atoms with E-state index in [0.717, 1.165) is 25.6 Å². The van der Waals surface area contributed by atoms with E-state index in [2.05, 4.69) is 17.6 Å². The van der Waals surface area contributed by atoms with Gasteiger partial charge in [0.15, 0.2) is 0 Å². The van der Waals surface area contributed by atoms with Crippen molar-refractivity contribution in [1.82, 2.24) is 10.6 Å². The van der Waals surface area contributed by atoms with Crippen LogP contribution in [0.5, 0.6) is 0 Å². The van der Waals surface area contributed by atoms with Crippen molar-refractivity contribution in [3.8, 4) is 0 Å². The normalized spacial score (nSPS) is 24.9. The van der Waals surface area contributed by atoms with Gasteiger partial charge in [0.2, 0.25) is 0 Å². The lowest BCUT2D eigenvalue weighted by Crippen LogP contribution is -2.43. The molecule has 1 atom stereocenters. The summed E-state index contributed by atoms with van der Waals surface area (Å²) in [6.07, 6.45) is 1.03. The summed E-state index contributed by atoms with van der Waals surface area (Å²) in [4.78, 5) is 0. The highest BCUT2D eigenvalue weighted by Gasteiger charge is 2.27. The van der Waals surface area contributed by atoms with E-state index in [1.54, 1.807) is 0 Å². The molecule has 1 heterocycles. The Morgan fingerprint density at radius 2 is 2.00 bits per heavy atom. The summed E-state index contributed by atoms with van der Waals surface area (Å²) >= 11 is 0. The summed E-state index contributed by atoms with van der Waals surface area (Å²) in [6.45, 7) is 4.49. The van der Waals surface area contributed by atoms with Crippen molar-refractivity contribution in [2.45, 2.75) is 25.4 Å². The molecule has 2 N–H and O–H groups in total. The molecule has 0 aromatic heterocycles. The molecule has 0 radical (unpaired) electrons. The Kier molecular flexibility index (Phi) is 3.21. The minimum atomic E-state index is -0.522. The van der Waals surface area contributed by atoms with Crippen molar-refractivity contribution in [1.29, 1.82) is 0 Å². The third-order valence-corrected chi connectivity index (χ3v) is 3.01. The predicted molar refractivity (Wildman–Crippen MR) is 59.1 cm³/mol. The van der Waals surface area contributed by atoms with Crippen molar-refractivity contribution in [3.63, 3.8) is 0 Å². The predicted octanol–water partition coefficient (Wildman–Crippen LogP) is 1.81. The zero-order valence-corrected chi connectivity index (χ0v) is 9.32. The Balaban J connectivity index is 1.98. The first-order valence-electron chi connectivity index (χ1n) is 5.48. The van der Waals surface area contributed by atoms with Crippen molar-refractivity contribution < 1.29 is 8.78 Å². The molecule has 0 bridgehead atoms. The SMILES string of the molecule is CC1(NCc2cc(F)cc(F)c2)CCNC1. The minimum absolute atomic E-state index is 0.0305. The quantitative estimate of drug-likeness (QED) is 0.821. The molecule has 1 aromatic carbocycles. The lowest BCUT2D eigenvalue weighted by Gasteiger charge is -2.24. The fourth-order valence-electron chi connectivity index (χ4n) is 2.00. The molecule has 1 saturated heterocycles. The average Bonchev–Trinajstić information content (AvgIpc) is 2.62. The highest BCUT2D eigenvalue weighted by molar-refractivity contribution is 5.18. The molecule has 0 saturated carbocycles. The van der Waals surface area contributed by atoms with Crippen LogP contribution in [-0.4, -0.2) is 18.6 Å². The van der Waals surface area contributed by atoms with Gasteiger partial charge in [-0.05, 0) is 37.6 Å². The molecule has 1 unspecified atom stereocenters. The second kappa shape index (κ2) is 4.47. The summed E-state index contributed by atoms with van der Waals surface area (Å²) < 4.78 is 25.9. The van der Waals surface area contributed by atoms with E-state index in [0.29, 0.717) is 12.1 Å². The number of rotatable bonds is 3. The van der Waals surface area contributed by atoms with E-state index in [4.69, 9.17) is 0 Å². The summed E-state index contributed by atoms with van der Waals surface area (Å²) in [5.74, 6) is -1.04. The van der Waals surface area contributed by atoms with E-state index in [1.165, 1.54) is 12.1 Å². The summed E-state index contributed by atoms with van der Waals surface area (Å²) in [6, 6.07) is 3.62. The first-order valence-corrected chi connectivity index (χ1v) is 5.48. The van der Waals surface area contributed by atoms with Crippen LogP contribution < -0.4 is 10.6 Å². The molecule has 4 heteroatoms. The lowest BCUT2D eigenvalue weighted by molar-refractivity contribution is 0.385. The van der Waals surface area contributed by atoms with Crippen LogP contribution in [0.1, 0.15) is 18.9 Å². The third kappa shape index (κ3) is 2.77. The van der Waals surface area contributed by atoms with Gasteiger partial charge >= 0.3 is 0 Å². The number of benzene rings is 1. The van der Waals surface area contributed by atoms with Gasteiger partial charge in [-0.15, -0.1) is 0 Å². The van der Waals surface area contributed by atoms with Crippen molar-refractivity contribution in [2.24, 2.45) is 0 Å². The number of hydrogen-bond acceptors (Lipinski definition) is 2. The lowest BCUT2D eigenvalue weighted by atomic mass is 10.0. The van der Waals surface area contributed by atoms with Gasteiger partial charge in [0.25, 0.3) is 0 Å². The topological polar surface area (TPSA) is 24.1 Å². The van der Waals surface area contributed by atoms with E-state index >= 15 is 0 Å². The molecule has 88 valence electrons. The molecule has 1 aliphatic rings. The Hall–Kier alpha value is -1.00. The maximum Gasteiger partial charge on any atom is 0.126 e. The third-order valence-electron chi connectivity index (χ3n) is 3.01. The highest BCUT2D eigenvalue weighted by Crippen LogP contribution is 2.15. The van der Waals surface area contributed by atoms with Gasteiger partial charge in [-0.2, -0.15) is 0 Å². The van der Waals surface area contributed by atoms with Gasteiger partial charge in [-0.25, -0.2) is 8.78 Å². The van der Waals surface area contributed by atoms with Crippen LogP contribution in [0.2, 0.25) is 0 Å². The standard InChI is InChI=1S/C12H16F2N2/c1-12(2-3-15-8-12)16-7-9-4-10(13)6-11(14)5-9/h4-6,15-16H,2-3,7-8H2,1H3. The van der Waals surface area contributed by atoms with Crippen LogP contribution in [0.25, 0.3) is 0 Å². The summed E-state index contributed by atoms with van der Waals surface area (Å²) in [7, 11) is 0. The molecular formula is C12H16F2N2. The van der Waals surface area contributed by atoms with Gasteiger partial charge in [0.05, 0.1) is 0 Å². The smallest absolute Gasteiger partial charge is 0.126 e. The van der Waals surface area contributed by atoms with Gasteiger partial charge in [0.1, 0.15) is 11.6 Å². The highest BCUT2D eigenvalue weighted by atomic mass is 19.1. The van der Waals surface area contributed by atoms with Crippen LogP contribution in [-0.2, 0) is 6.54 Å². The van der Waals surface area contributed by atoms with E-state index in [9.17, 15) is 8.78 Å². The number of halogens is 2. The summed E-state index contributed by atoms with van der Waals surface area (Å²) in [5, 5.41) is 6.59. The van der Waals surface area contributed by atoms with Crippen LogP contribution >= 0.6 is 0 Å². The van der Waals surface area contributed by atoms with Crippen molar-refractivity contribution in [3.05, 3.63) is 35.4 Å². The largest absolute Gasteiger partial charge is 0.315 e. The fraction of sp³-hybridized carbons (Fsp3) is 0.500. The fourth-order valence-corrected chi connectivity index (χ4v) is 2.00. The zero-order valence-electron chi connectivity index (χ0n) is 9.32. The molecule has 2 rings (SSSR count). The zero-order chi connectivity index (χ0) is 11.6. The first-order chi connectivity index (χ1) is 7.57. The molecule has 0 amide bonds. The van der Waals surface area contributed by atoms with Crippen LogP contribution in [0.3, 0.4) is 0 Å². The Labute approximate surface area is 94.0 Å². The molecule has 2 nitrogen and oxygen atoms in total. The maximum absolute atomic E-state index is 12.9. The monoisotopic (exact) mass is 226 g/mol. The van der Waals surface area contributed by atoms with Gasteiger partial charge in [-0.3, -0.25) is 0 Å². The summed E-state index contributed by atoms with van der Waals surface area (Å²) in [5.41, 5.74) is 0.675. The number of nitrogens with one attached hydrogen (secondary N) is 2. The van der Waals surface area contributed by atoms with Gasteiger partial charge in [0, 0.05) is 24.7 Å². The molecule has 1 fully saturated rings. The number of hydrogen-bond donors (Lipinski definition) is 2. The second-order valence-corrected chi connectivity index (χ2v) is 4.62. The van der Waals surface area contributed by atoms with Crippen LogP contribution in [0.4, 0.5) is 8.78 Å². The molecule has 1 aliphatic heterocycles. The van der Waals surface area contributed by atoms with E-state index in [-0.39, 0.29) is 5.54 Å². The van der Waals surface area contributed by atoms with Crippen molar-refractivity contribution in [2.75, 3.05) is 13.1 Å². The second-order valence-electron chi connectivity index (χ2n) is 4.62. The first kappa shape index (κ1) is 11.5. The van der Waals surface area contributed by atoms with Crippen LogP contribution in [0, 0.1) is 11.6 Å². The van der Waals surface area contributed by atoms with Crippen LogP contribution in [0.15, 0.2) is 18.2 Å². The van der Waals surface area contributed by atoms with E-state index in [1.807, 2.05) is 0 Å². The van der Waals surface area contributed by atoms with E-state index < -0.39 is 11.6 Å². The Morgan fingerprint density at radius 3 is 2.56 bits per heavy atom.